The second-order valence-electron chi connectivity index (χ2n) is 9.05. The fourth-order valence-electron chi connectivity index (χ4n) is 5.33. The molecular weight excluding hydrogens is 450 g/mol. The molecule has 3 aliphatic rings. The second kappa shape index (κ2) is 9.41. The number of anilines is 1. The van der Waals surface area contributed by atoms with Gasteiger partial charge < -0.3 is 19.7 Å². The number of hydrogen-bond donors (Lipinski definition) is 1. The van der Waals surface area contributed by atoms with Gasteiger partial charge >= 0.3 is 6.03 Å². The van der Waals surface area contributed by atoms with Crippen LogP contribution in [0.25, 0.3) is 0 Å². The van der Waals surface area contributed by atoms with Gasteiger partial charge in [0.1, 0.15) is 11.5 Å². The molecule has 1 N–H and O–H groups in total. The van der Waals surface area contributed by atoms with Crippen LogP contribution in [0.2, 0.25) is 0 Å². The van der Waals surface area contributed by atoms with Gasteiger partial charge in [-0.05, 0) is 48.7 Å². The minimum atomic E-state index is -1.08. The molecule has 1 atom stereocenters. The van der Waals surface area contributed by atoms with Crippen molar-refractivity contribution in [3.05, 3.63) is 53.6 Å². The number of rotatable bonds is 5. The van der Waals surface area contributed by atoms with Crippen LogP contribution < -0.4 is 19.7 Å². The Labute approximate surface area is 204 Å². The molecule has 2 fully saturated rings. The third kappa shape index (κ3) is 3.87. The van der Waals surface area contributed by atoms with E-state index in [1.54, 1.807) is 24.0 Å². The average molecular weight is 482 g/mol. The van der Waals surface area contributed by atoms with Gasteiger partial charge in [0, 0.05) is 23.9 Å². The Balaban J connectivity index is 1.51. The summed E-state index contributed by atoms with van der Waals surface area (Å²) in [4.78, 5) is 30.1. The molecule has 1 spiro atoms. The Bertz CT molecular complexity index is 1090. The van der Waals surface area contributed by atoms with Crippen LogP contribution in [0.15, 0.2) is 42.5 Å². The van der Waals surface area contributed by atoms with Gasteiger partial charge in [-0.3, -0.25) is 9.69 Å². The van der Waals surface area contributed by atoms with Crippen molar-refractivity contribution in [1.82, 2.24) is 10.2 Å². The predicted octanol–water partition coefficient (Wildman–Crippen LogP) is 4.49. The molecule has 2 heterocycles. The van der Waals surface area contributed by atoms with E-state index in [9.17, 15) is 9.59 Å². The smallest absolute Gasteiger partial charge is 0.319 e. The monoisotopic (exact) mass is 481 g/mol. The molecule has 1 saturated heterocycles. The van der Waals surface area contributed by atoms with Crippen LogP contribution in [-0.2, 0) is 16.2 Å². The Morgan fingerprint density at radius 1 is 1.09 bits per heavy atom. The molecule has 5 rings (SSSR count). The van der Waals surface area contributed by atoms with E-state index in [-0.39, 0.29) is 18.0 Å². The zero-order valence-corrected chi connectivity index (χ0v) is 20.5. The van der Waals surface area contributed by atoms with E-state index in [1.165, 1.54) is 18.2 Å². The summed E-state index contributed by atoms with van der Waals surface area (Å²) in [5.74, 6) is 2.04. The number of carbonyl (C=O) groups is 2. The van der Waals surface area contributed by atoms with E-state index in [2.05, 4.69) is 5.32 Å². The maximum Gasteiger partial charge on any atom is 0.319 e. The lowest BCUT2D eigenvalue weighted by Crippen LogP contribution is -2.55. The van der Waals surface area contributed by atoms with E-state index in [4.69, 9.17) is 9.47 Å². The van der Waals surface area contributed by atoms with Gasteiger partial charge in [0.05, 0.1) is 26.5 Å². The Kier molecular flexibility index (Phi) is 6.34. The van der Waals surface area contributed by atoms with Crippen molar-refractivity contribution in [3.8, 4) is 11.5 Å². The molecule has 1 aliphatic carbocycles. The van der Waals surface area contributed by atoms with Crippen LogP contribution in [0, 0.1) is 0 Å². The maximum absolute atomic E-state index is 14.2. The third-order valence-corrected chi connectivity index (χ3v) is 8.47. The molecule has 3 amide bonds. The highest BCUT2D eigenvalue weighted by Crippen LogP contribution is 2.55. The van der Waals surface area contributed by atoms with Crippen molar-refractivity contribution in [1.29, 1.82) is 0 Å². The zero-order valence-electron chi connectivity index (χ0n) is 19.7. The molecule has 34 heavy (non-hydrogen) atoms. The molecule has 0 aromatic heterocycles. The number of fused-ring (bicyclic) bond motifs is 2. The predicted molar refractivity (Wildman–Crippen MR) is 133 cm³/mol. The van der Waals surface area contributed by atoms with Crippen molar-refractivity contribution < 1.29 is 19.1 Å². The highest BCUT2D eigenvalue weighted by Gasteiger charge is 2.59. The summed E-state index contributed by atoms with van der Waals surface area (Å²) in [6, 6.07) is 13.5. The Hall–Kier alpha value is -2.87. The molecule has 2 aromatic rings. The topological polar surface area (TPSA) is 71.1 Å². The summed E-state index contributed by atoms with van der Waals surface area (Å²) in [6.45, 7) is 0.925. The number of benzene rings is 2. The first-order chi connectivity index (χ1) is 16.6. The first-order valence-corrected chi connectivity index (χ1v) is 12.9. The van der Waals surface area contributed by atoms with E-state index >= 15 is 0 Å². The summed E-state index contributed by atoms with van der Waals surface area (Å²) in [5, 5.41) is 3.23. The van der Waals surface area contributed by atoms with E-state index < -0.39 is 4.87 Å². The largest absolute Gasteiger partial charge is 0.497 e. The third-order valence-electron chi connectivity index (χ3n) is 7.05. The maximum atomic E-state index is 14.2. The number of nitrogens with one attached hydrogen (secondary N) is 1. The summed E-state index contributed by atoms with van der Waals surface area (Å²) < 4.78 is 10.9. The van der Waals surface area contributed by atoms with Crippen LogP contribution in [-0.4, -0.2) is 49.4 Å². The lowest BCUT2D eigenvalue weighted by Gasteiger charge is -2.35. The van der Waals surface area contributed by atoms with Crippen LogP contribution in [0.5, 0.6) is 11.5 Å². The molecule has 1 saturated carbocycles. The number of hydrogen-bond acceptors (Lipinski definition) is 5. The number of urea groups is 1. The zero-order chi connectivity index (χ0) is 23.7. The van der Waals surface area contributed by atoms with Gasteiger partial charge in [0.15, 0.2) is 4.87 Å². The highest BCUT2D eigenvalue weighted by molar-refractivity contribution is 8.01. The van der Waals surface area contributed by atoms with Crippen molar-refractivity contribution in [3.63, 3.8) is 0 Å². The molecule has 180 valence electrons. The van der Waals surface area contributed by atoms with Crippen molar-refractivity contribution in [2.75, 3.05) is 31.4 Å². The molecule has 2 aliphatic heterocycles. The lowest BCUT2D eigenvalue weighted by atomic mass is 9.95. The Morgan fingerprint density at radius 2 is 1.85 bits per heavy atom. The molecular formula is C26H31N3O4S. The van der Waals surface area contributed by atoms with Crippen LogP contribution in [0.4, 0.5) is 10.5 Å². The number of carbonyl (C=O) groups excluding carboxylic acids is 2. The first kappa shape index (κ1) is 22.9. The quantitative estimate of drug-likeness (QED) is 0.681. The second-order valence-corrected chi connectivity index (χ2v) is 10.3. The van der Waals surface area contributed by atoms with Crippen molar-refractivity contribution in [2.24, 2.45) is 0 Å². The summed E-state index contributed by atoms with van der Waals surface area (Å²) in [6.07, 6.45) is 5.50. The SMILES string of the molecule is COc1cccc(CN2C(=O)[C@]3(SCCN3C(=O)NC3CCCCC3)c3cc(OC)ccc32)c1. The van der Waals surface area contributed by atoms with Crippen molar-refractivity contribution in [2.45, 2.75) is 49.6 Å². The molecule has 2 aromatic carbocycles. The molecule has 0 radical (unpaired) electrons. The standard InChI is InChI=1S/C26H31N3O4S/c1-32-20-10-6-7-18(15-20)17-28-23-12-11-21(33-2)16-22(23)26(24(28)30)29(13-14-34-26)25(31)27-19-8-4-3-5-9-19/h6-7,10-12,15-16,19H,3-5,8-9,13-14,17H2,1-2H3,(H,27,31)/t26-/m1/s1. The minimum Gasteiger partial charge on any atom is -0.497 e. The Morgan fingerprint density at radius 3 is 2.62 bits per heavy atom. The average Bonchev–Trinajstić information content (AvgIpc) is 3.41. The number of thioether (sulfide) groups is 1. The van der Waals surface area contributed by atoms with Crippen molar-refractivity contribution >= 4 is 29.4 Å². The van der Waals surface area contributed by atoms with Gasteiger partial charge in [0.2, 0.25) is 0 Å². The van der Waals surface area contributed by atoms with E-state index in [0.717, 1.165) is 48.2 Å². The van der Waals surface area contributed by atoms with Gasteiger partial charge in [-0.2, -0.15) is 0 Å². The summed E-state index contributed by atoms with van der Waals surface area (Å²) in [7, 11) is 3.25. The molecule has 8 heteroatoms. The van der Waals surface area contributed by atoms with Gasteiger partial charge in [-0.1, -0.05) is 31.4 Å². The van der Waals surface area contributed by atoms with Gasteiger partial charge in [-0.15, -0.1) is 11.8 Å². The molecule has 7 nitrogen and oxygen atoms in total. The molecule has 0 unspecified atom stereocenters. The van der Waals surface area contributed by atoms with Gasteiger partial charge in [0.25, 0.3) is 5.91 Å². The summed E-state index contributed by atoms with van der Waals surface area (Å²) >= 11 is 1.54. The van der Waals surface area contributed by atoms with Gasteiger partial charge in [-0.25, -0.2) is 4.79 Å². The summed E-state index contributed by atoms with van der Waals surface area (Å²) in [5.41, 5.74) is 2.60. The first-order valence-electron chi connectivity index (χ1n) is 11.9. The number of nitrogens with zero attached hydrogens (tertiary/aromatic N) is 2. The normalized spacial score (nSPS) is 22.2. The highest BCUT2D eigenvalue weighted by atomic mass is 32.2. The van der Waals surface area contributed by atoms with Crippen LogP contribution in [0.3, 0.4) is 0 Å². The number of amides is 3. The van der Waals surface area contributed by atoms with E-state index in [0.29, 0.717) is 24.6 Å². The minimum absolute atomic E-state index is 0.0835. The fraction of sp³-hybridized carbons (Fsp3) is 0.462. The fourth-order valence-corrected chi connectivity index (χ4v) is 6.78. The van der Waals surface area contributed by atoms with Crippen LogP contribution >= 0.6 is 11.8 Å². The van der Waals surface area contributed by atoms with Crippen LogP contribution in [0.1, 0.15) is 43.2 Å². The number of ether oxygens (including phenoxy) is 2. The lowest BCUT2D eigenvalue weighted by molar-refractivity contribution is -0.123. The van der Waals surface area contributed by atoms with E-state index in [1.807, 2.05) is 42.5 Å². The molecule has 0 bridgehead atoms. The number of methoxy groups -OCH3 is 2.